The molecule has 0 saturated heterocycles. The van der Waals surface area contributed by atoms with Gasteiger partial charge in [-0.25, -0.2) is 0 Å². The van der Waals surface area contributed by atoms with Crippen LogP contribution in [0.3, 0.4) is 0 Å². The van der Waals surface area contributed by atoms with Crippen LogP contribution in [0.5, 0.6) is 0 Å². The third-order valence-electron chi connectivity index (χ3n) is 0.971. The number of halogens is 2. The molecule has 0 radical (unpaired) electrons. The van der Waals surface area contributed by atoms with Crippen molar-refractivity contribution >= 4 is 43.2 Å². The minimum absolute atomic E-state index is 0. The fourth-order valence-electron chi connectivity index (χ4n) is 0.428. The van der Waals surface area contributed by atoms with Crippen LogP contribution in [0.15, 0.2) is 0 Å². The molecule has 18 heavy (non-hydrogen) atoms. The van der Waals surface area contributed by atoms with Gasteiger partial charge in [-0.05, 0) is 0 Å². The summed E-state index contributed by atoms with van der Waals surface area (Å²) in [6.45, 7) is 3.06. The Bertz CT molecular complexity index is 95.1. The fourth-order valence-corrected chi connectivity index (χ4v) is 3.85. The van der Waals surface area contributed by atoms with E-state index in [4.69, 9.17) is 22.9 Å². The summed E-state index contributed by atoms with van der Waals surface area (Å²) in [5.41, 5.74) is 21.0. The summed E-state index contributed by atoms with van der Waals surface area (Å²) in [7, 11) is 7.16. The van der Waals surface area contributed by atoms with Crippen molar-refractivity contribution in [3.63, 3.8) is 0 Å². The normalized spacial score (nSPS) is 8.67. The topological polar surface area (TPSA) is 104 Å². The highest BCUT2D eigenvalue weighted by Gasteiger charge is 1.84. The molecular formula is C8H24Cl2N4S4-2. The Kier molecular flexibility index (Phi) is 48.8. The summed E-state index contributed by atoms with van der Waals surface area (Å²) in [6, 6.07) is 0. The van der Waals surface area contributed by atoms with Crippen LogP contribution < -0.4 is 47.7 Å². The SMILES string of the molecule is NCCSSCCN.NCCSSCCN.[Cl-].[Cl-]. The lowest BCUT2D eigenvalue weighted by molar-refractivity contribution is -0.001000. The van der Waals surface area contributed by atoms with Gasteiger partial charge >= 0.3 is 0 Å². The van der Waals surface area contributed by atoms with Gasteiger partial charge in [0.15, 0.2) is 0 Å². The summed E-state index contributed by atoms with van der Waals surface area (Å²) in [5, 5.41) is 0. The van der Waals surface area contributed by atoms with Crippen LogP contribution >= 0.6 is 43.2 Å². The molecule has 0 aromatic rings. The Morgan fingerprint density at radius 3 is 0.722 bits per heavy atom. The maximum atomic E-state index is 5.25. The molecular weight excluding hydrogens is 351 g/mol. The van der Waals surface area contributed by atoms with Gasteiger partial charge in [0.05, 0.1) is 0 Å². The molecule has 0 amide bonds. The maximum absolute atomic E-state index is 5.25. The Morgan fingerprint density at radius 2 is 0.611 bits per heavy atom. The molecule has 0 unspecified atom stereocenters. The highest BCUT2D eigenvalue weighted by molar-refractivity contribution is 8.77. The lowest BCUT2D eigenvalue weighted by Crippen LogP contribution is -3.00. The molecule has 0 aliphatic heterocycles. The molecule has 0 aliphatic carbocycles. The molecule has 0 aromatic carbocycles. The molecule has 0 aliphatic rings. The van der Waals surface area contributed by atoms with Crippen molar-refractivity contribution in [2.45, 2.75) is 0 Å². The van der Waals surface area contributed by atoms with Gasteiger partial charge in [-0.3, -0.25) is 0 Å². The molecule has 0 saturated carbocycles. The molecule has 8 N–H and O–H groups in total. The molecule has 4 nitrogen and oxygen atoms in total. The average Bonchev–Trinajstić information content (AvgIpc) is 2.31. The highest BCUT2D eigenvalue weighted by atomic mass is 35.5. The molecule has 0 rings (SSSR count). The van der Waals surface area contributed by atoms with E-state index in [-0.39, 0.29) is 24.8 Å². The smallest absolute Gasteiger partial charge is 0.0160 e. The fraction of sp³-hybridized carbons (Fsp3) is 1.00. The average molecular weight is 375 g/mol. The van der Waals surface area contributed by atoms with Crippen LogP contribution in [0.25, 0.3) is 0 Å². The zero-order valence-corrected chi connectivity index (χ0v) is 15.1. The third-order valence-corrected chi connectivity index (χ3v) is 5.91. The monoisotopic (exact) mass is 374 g/mol. The second-order valence-electron chi connectivity index (χ2n) is 2.44. The van der Waals surface area contributed by atoms with E-state index < -0.39 is 0 Å². The molecule has 0 aromatic heterocycles. The van der Waals surface area contributed by atoms with Gasteiger partial charge in [0.1, 0.15) is 0 Å². The zero-order chi connectivity index (χ0) is 12.5. The predicted molar refractivity (Wildman–Crippen MR) is 86.0 cm³/mol. The van der Waals surface area contributed by atoms with Crippen molar-refractivity contribution in [3.8, 4) is 0 Å². The van der Waals surface area contributed by atoms with E-state index in [2.05, 4.69) is 0 Å². The largest absolute Gasteiger partial charge is 1.00 e. The summed E-state index contributed by atoms with van der Waals surface area (Å²) < 4.78 is 0. The first-order chi connectivity index (χ1) is 7.83. The van der Waals surface area contributed by atoms with Gasteiger partial charge in [0.2, 0.25) is 0 Å². The minimum atomic E-state index is 0. The van der Waals surface area contributed by atoms with E-state index in [0.29, 0.717) is 0 Å². The van der Waals surface area contributed by atoms with Crippen molar-refractivity contribution < 1.29 is 24.8 Å². The Morgan fingerprint density at radius 1 is 0.444 bits per heavy atom. The van der Waals surface area contributed by atoms with Gasteiger partial charge in [0, 0.05) is 49.2 Å². The van der Waals surface area contributed by atoms with E-state index in [1.54, 1.807) is 43.2 Å². The molecule has 0 heterocycles. The Hall–Kier alpha value is 1.82. The van der Waals surface area contributed by atoms with Crippen molar-refractivity contribution in [1.29, 1.82) is 0 Å². The summed E-state index contributed by atoms with van der Waals surface area (Å²) in [5.74, 6) is 4.13. The van der Waals surface area contributed by atoms with E-state index in [1.165, 1.54) is 0 Å². The molecule has 0 bridgehead atoms. The first-order valence-electron chi connectivity index (χ1n) is 5.12. The van der Waals surface area contributed by atoms with Crippen LogP contribution in [-0.4, -0.2) is 49.2 Å². The van der Waals surface area contributed by atoms with Crippen molar-refractivity contribution in [1.82, 2.24) is 0 Å². The van der Waals surface area contributed by atoms with Crippen LogP contribution in [-0.2, 0) is 0 Å². The third kappa shape index (κ3) is 36.1. The van der Waals surface area contributed by atoms with E-state index in [1.807, 2.05) is 0 Å². The lowest BCUT2D eigenvalue weighted by atomic mass is 10.8. The van der Waals surface area contributed by atoms with Crippen molar-refractivity contribution in [2.75, 3.05) is 49.2 Å². The number of rotatable bonds is 10. The number of nitrogens with two attached hydrogens (primary N) is 4. The minimum Gasteiger partial charge on any atom is -1.00 e. The van der Waals surface area contributed by atoms with Gasteiger partial charge in [-0.15, -0.1) is 0 Å². The van der Waals surface area contributed by atoms with Gasteiger partial charge in [-0.2, -0.15) is 0 Å². The number of hydrogen-bond acceptors (Lipinski definition) is 8. The first-order valence-corrected chi connectivity index (χ1v) is 10.1. The van der Waals surface area contributed by atoms with E-state index in [0.717, 1.165) is 49.2 Å². The van der Waals surface area contributed by atoms with Crippen LogP contribution in [0.2, 0.25) is 0 Å². The quantitative estimate of drug-likeness (QED) is 0.222. The lowest BCUT2D eigenvalue weighted by Gasteiger charge is -1.93. The highest BCUT2D eigenvalue weighted by Crippen LogP contribution is 2.18. The van der Waals surface area contributed by atoms with Gasteiger partial charge in [0.25, 0.3) is 0 Å². The Balaban J connectivity index is -0.0000000980. The number of hydrogen-bond donors (Lipinski definition) is 4. The second kappa shape index (κ2) is 31.3. The molecule has 10 heteroatoms. The second-order valence-corrected chi connectivity index (χ2v) is 7.85. The van der Waals surface area contributed by atoms with Crippen molar-refractivity contribution in [2.24, 2.45) is 22.9 Å². The molecule has 0 fully saturated rings. The standard InChI is InChI=1S/2C4H12N2S2.2ClH/c2*5-1-3-7-8-4-2-6;;/h2*1-6H2;2*1H/p-2. The van der Waals surface area contributed by atoms with E-state index >= 15 is 0 Å². The summed E-state index contributed by atoms with van der Waals surface area (Å²) in [4.78, 5) is 0. The first kappa shape index (κ1) is 28.0. The van der Waals surface area contributed by atoms with Gasteiger partial charge < -0.3 is 47.7 Å². The molecule has 116 valence electrons. The van der Waals surface area contributed by atoms with Crippen LogP contribution in [0, 0.1) is 0 Å². The predicted octanol–water partition coefficient (Wildman–Crippen LogP) is -5.42. The molecule has 0 atom stereocenters. The van der Waals surface area contributed by atoms with Gasteiger partial charge in [-0.1, -0.05) is 43.2 Å². The summed E-state index contributed by atoms with van der Waals surface area (Å²) in [6.07, 6.45) is 0. The Labute approximate surface area is 139 Å². The molecule has 0 spiro atoms. The van der Waals surface area contributed by atoms with Crippen LogP contribution in [0.4, 0.5) is 0 Å². The summed E-state index contributed by atoms with van der Waals surface area (Å²) >= 11 is 0. The van der Waals surface area contributed by atoms with Crippen molar-refractivity contribution in [3.05, 3.63) is 0 Å². The van der Waals surface area contributed by atoms with E-state index in [9.17, 15) is 0 Å². The zero-order valence-electron chi connectivity index (χ0n) is 10.4. The van der Waals surface area contributed by atoms with Crippen LogP contribution in [0.1, 0.15) is 0 Å². The maximum Gasteiger partial charge on any atom is 0.0160 e.